The average Bonchev–Trinajstić information content (AvgIpc) is 3.02. The van der Waals surface area contributed by atoms with Crippen molar-refractivity contribution in [2.75, 3.05) is 12.0 Å². The fourth-order valence-corrected chi connectivity index (χ4v) is 3.24. The molecule has 4 rings (SSSR count). The van der Waals surface area contributed by atoms with Crippen molar-refractivity contribution in [3.63, 3.8) is 0 Å². The second-order valence-corrected chi connectivity index (χ2v) is 6.63. The van der Waals surface area contributed by atoms with Crippen molar-refractivity contribution in [1.82, 2.24) is 9.97 Å². The maximum Gasteiger partial charge on any atom is 0.416 e. The van der Waals surface area contributed by atoms with Crippen molar-refractivity contribution < 1.29 is 22.7 Å². The maximum absolute atomic E-state index is 13.0. The van der Waals surface area contributed by atoms with Gasteiger partial charge in [0.05, 0.1) is 37.0 Å². The highest BCUT2D eigenvalue weighted by Crippen LogP contribution is 2.35. The Morgan fingerprint density at radius 1 is 1.07 bits per heavy atom. The number of ether oxygens (including phenoxy) is 1. The summed E-state index contributed by atoms with van der Waals surface area (Å²) in [6.45, 7) is 0.288. The molecule has 0 N–H and O–H groups in total. The van der Waals surface area contributed by atoms with E-state index in [2.05, 4.69) is 9.97 Å². The zero-order chi connectivity index (χ0) is 20.6. The van der Waals surface area contributed by atoms with Gasteiger partial charge in [-0.25, -0.2) is 4.98 Å². The monoisotopic (exact) mass is 399 g/mol. The fourth-order valence-electron chi connectivity index (χ4n) is 3.24. The van der Waals surface area contributed by atoms with E-state index in [0.717, 1.165) is 17.7 Å². The fraction of sp³-hybridized carbons (Fsp3) is 0.190. The quantitative estimate of drug-likeness (QED) is 0.658. The molecule has 29 heavy (non-hydrogen) atoms. The Bertz CT molecular complexity index is 1070. The Kier molecular flexibility index (Phi) is 4.70. The molecule has 3 aromatic rings. The molecular weight excluding hydrogens is 383 g/mol. The van der Waals surface area contributed by atoms with Gasteiger partial charge in [-0.1, -0.05) is 18.2 Å². The van der Waals surface area contributed by atoms with Crippen LogP contribution in [0.15, 0.2) is 54.9 Å². The van der Waals surface area contributed by atoms with E-state index in [-0.39, 0.29) is 18.9 Å². The number of carbonyl (C=O) groups excluding carboxylic acids is 1. The van der Waals surface area contributed by atoms with Crippen molar-refractivity contribution >= 4 is 11.6 Å². The molecule has 1 amide bonds. The van der Waals surface area contributed by atoms with Crippen LogP contribution < -0.4 is 9.64 Å². The highest BCUT2D eigenvalue weighted by Gasteiger charge is 2.31. The summed E-state index contributed by atoms with van der Waals surface area (Å²) < 4.78 is 44.1. The number of nitrogens with zero attached hydrogens (tertiary/aromatic N) is 3. The first-order chi connectivity index (χ1) is 13.8. The number of alkyl halides is 3. The molecule has 1 aliphatic heterocycles. The number of fused-ring (bicyclic) bond motifs is 1. The smallest absolute Gasteiger partial charge is 0.416 e. The van der Waals surface area contributed by atoms with Crippen LogP contribution in [0.3, 0.4) is 0 Å². The van der Waals surface area contributed by atoms with Crippen LogP contribution in [0.5, 0.6) is 5.88 Å². The van der Waals surface area contributed by atoms with Crippen molar-refractivity contribution in [3.05, 3.63) is 71.7 Å². The molecule has 0 atom stereocenters. The van der Waals surface area contributed by atoms with Gasteiger partial charge >= 0.3 is 6.18 Å². The lowest BCUT2D eigenvalue weighted by Gasteiger charge is -2.18. The summed E-state index contributed by atoms with van der Waals surface area (Å²) in [6, 6.07) is 10.3. The molecule has 0 fully saturated rings. The van der Waals surface area contributed by atoms with Gasteiger partial charge in [0.1, 0.15) is 0 Å². The molecule has 1 aromatic carbocycles. The number of anilines is 1. The number of hydrogen-bond acceptors (Lipinski definition) is 4. The SMILES string of the molecule is COc1ccc(CN2C(=O)Cc3ncc(-c4cccc(C(F)(F)F)c4)cc32)cn1. The molecular formula is C21H16F3N3O2. The summed E-state index contributed by atoms with van der Waals surface area (Å²) in [5.74, 6) is 0.347. The van der Waals surface area contributed by atoms with Crippen LogP contribution in [0, 0.1) is 0 Å². The number of methoxy groups -OCH3 is 1. The first-order valence-electron chi connectivity index (χ1n) is 8.81. The van der Waals surface area contributed by atoms with Crippen LogP contribution in [-0.2, 0) is 23.9 Å². The number of pyridine rings is 2. The third-order valence-electron chi connectivity index (χ3n) is 4.73. The Hall–Kier alpha value is -3.42. The Morgan fingerprint density at radius 3 is 2.59 bits per heavy atom. The van der Waals surface area contributed by atoms with Crippen LogP contribution in [0.2, 0.25) is 0 Å². The molecule has 5 nitrogen and oxygen atoms in total. The van der Waals surface area contributed by atoms with Crippen molar-refractivity contribution in [2.45, 2.75) is 19.1 Å². The topological polar surface area (TPSA) is 55.3 Å². The minimum Gasteiger partial charge on any atom is -0.481 e. The van der Waals surface area contributed by atoms with Gasteiger partial charge in [-0.05, 0) is 29.3 Å². The van der Waals surface area contributed by atoms with Gasteiger partial charge in [0, 0.05) is 24.0 Å². The standard InChI is InChI=1S/C21H16F3N3O2/c1-29-19-6-5-13(10-26-19)12-27-18-8-15(11-25-17(18)9-20(27)28)14-3-2-4-16(7-14)21(22,23)24/h2-8,10-11H,9,12H2,1H3. The molecule has 0 unspecified atom stereocenters. The molecule has 0 radical (unpaired) electrons. The third-order valence-corrected chi connectivity index (χ3v) is 4.73. The zero-order valence-electron chi connectivity index (χ0n) is 15.4. The van der Waals surface area contributed by atoms with Crippen LogP contribution in [0.1, 0.15) is 16.8 Å². The van der Waals surface area contributed by atoms with E-state index in [4.69, 9.17) is 4.74 Å². The first-order valence-corrected chi connectivity index (χ1v) is 8.81. The van der Waals surface area contributed by atoms with Crippen molar-refractivity contribution in [1.29, 1.82) is 0 Å². The molecule has 0 spiro atoms. The van der Waals surface area contributed by atoms with Crippen LogP contribution in [-0.4, -0.2) is 23.0 Å². The normalized spacial score (nSPS) is 13.5. The molecule has 0 saturated carbocycles. The van der Waals surface area contributed by atoms with E-state index in [1.807, 2.05) is 0 Å². The van der Waals surface area contributed by atoms with Crippen LogP contribution in [0.25, 0.3) is 11.1 Å². The molecule has 8 heteroatoms. The van der Waals surface area contributed by atoms with Crippen LogP contribution >= 0.6 is 0 Å². The average molecular weight is 399 g/mol. The molecule has 148 valence electrons. The van der Waals surface area contributed by atoms with E-state index >= 15 is 0 Å². The second kappa shape index (κ2) is 7.20. The molecule has 2 aromatic heterocycles. The molecule has 0 bridgehead atoms. The lowest BCUT2D eigenvalue weighted by Crippen LogP contribution is -2.26. The van der Waals surface area contributed by atoms with Gasteiger partial charge in [-0.15, -0.1) is 0 Å². The number of hydrogen-bond donors (Lipinski definition) is 0. The van der Waals surface area contributed by atoms with Crippen molar-refractivity contribution in [3.8, 4) is 17.0 Å². The predicted molar refractivity (Wildman–Crippen MR) is 100 cm³/mol. The lowest BCUT2D eigenvalue weighted by atomic mass is 10.0. The molecule has 0 saturated heterocycles. The van der Waals surface area contributed by atoms with Gasteiger partial charge in [-0.3, -0.25) is 9.78 Å². The van der Waals surface area contributed by atoms with Gasteiger partial charge in [0.2, 0.25) is 11.8 Å². The molecule has 0 aliphatic carbocycles. The van der Waals surface area contributed by atoms with Crippen molar-refractivity contribution in [2.24, 2.45) is 0 Å². The van der Waals surface area contributed by atoms with E-state index in [1.54, 1.807) is 35.4 Å². The predicted octanol–water partition coefficient (Wildman–Crippen LogP) is 4.26. The van der Waals surface area contributed by atoms with E-state index < -0.39 is 11.7 Å². The van der Waals surface area contributed by atoms with Gasteiger partial charge in [0.25, 0.3) is 0 Å². The number of benzene rings is 1. The third kappa shape index (κ3) is 3.78. The number of halogens is 3. The Balaban J connectivity index is 1.66. The highest BCUT2D eigenvalue weighted by molar-refractivity contribution is 6.01. The summed E-state index contributed by atoms with van der Waals surface area (Å²) in [6.07, 6.45) is -1.15. The molecule has 3 heterocycles. The zero-order valence-corrected chi connectivity index (χ0v) is 15.4. The molecule has 1 aliphatic rings. The maximum atomic E-state index is 13.0. The summed E-state index contributed by atoms with van der Waals surface area (Å²) in [5.41, 5.74) is 2.18. The summed E-state index contributed by atoms with van der Waals surface area (Å²) >= 11 is 0. The summed E-state index contributed by atoms with van der Waals surface area (Å²) in [7, 11) is 1.52. The summed E-state index contributed by atoms with van der Waals surface area (Å²) in [4.78, 5) is 22.5. The largest absolute Gasteiger partial charge is 0.481 e. The van der Waals surface area contributed by atoms with Gasteiger partial charge in [-0.2, -0.15) is 13.2 Å². The highest BCUT2D eigenvalue weighted by atomic mass is 19.4. The number of aromatic nitrogens is 2. The Morgan fingerprint density at radius 2 is 1.90 bits per heavy atom. The van der Waals surface area contributed by atoms with E-state index in [1.165, 1.54) is 19.4 Å². The van der Waals surface area contributed by atoms with E-state index in [9.17, 15) is 18.0 Å². The lowest BCUT2D eigenvalue weighted by molar-refractivity contribution is -0.137. The van der Waals surface area contributed by atoms with Gasteiger partial charge < -0.3 is 9.64 Å². The number of rotatable bonds is 4. The first kappa shape index (κ1) is 18.9. The Labute approximate surface area is 164 Å². The number of amides is 1. The van der Waals surface area contributed by atoms with Crippen LogP contribution in [0.4, 0.5) is 18.9 Å². The van der Waals surface area contributed by atoms with Gasteiger partial charge in [0.15, 0.2) is 0 Å². The number of carbonyl (C=O) groups is 1. The van der Waals surface area contributed by atoms with E-state index in [0.29, 0.717) is 28.4 Å². The minimum atomic E-state index is -4.43. The second-order valence-electron chi connectivity index (χ2n) is 6.63. The minimum absolute atomic E-state index is 0.121. The summed E-state index contributed by atoms with van der Waals surface area (Å²) in [5, 5.41) is 0.